The molecule has 0 nitrogen and oxygen atoms in total. The summed E-state index contributed by atoms with van der Waals surface area (Å²) in [6, 6.07) is 20.1. The Labute approximate surface area is 157 Å². The van der Waals surface area contributed by atoms with Crippen LogP contribution in [0.25, 0.3) is 5.57 Å². The molecule has 2 atom stereocenters. The van der Waals surface area contributed by atoms with Crippen LogP contribution in [-0.2, 0) is 5.41 Å². The van der Waals surface area contributed by atoms with Crippen LogP contribution in [0.1, 0.15) is 43.4 Å². The summed E-state index contributed by atoms with van der Waals surface area (Å²) in [5.74, 6) is 0.460. The molecule has 0 aliphatic heterocycles. The Morgan fingerprint density at radius 3 is 2.38 bits per heavy atom. The fourth-order valence-corrected chi connectivity index (χ4v) is 4.89. The molecule has 2 unspecified atom stereocenters. The van der Waals surface area contributed by atoms with Gasteiger partial charge in [-0.1, -0.05) is 105 Å². The molecular formula is C26H26. The minimum absolute atomic E-state index is 0.0541. The average Bonchev–Trinajstić information content (AvgIpc) is 3.31. The Balaban J connectivity index is 0.000000814. The van der Waals surface area contributed by atoms with Crippen LogP contribution in [0.15, 0.2) is 96.6 Å². The molecule has 2 aromatic carbocycles. The standard InChI is InChI=1S/C24H20.C2H6/c1-3-10-18(11-4-1)24(19-12-5-2-6-13-19)22-16-8-7-14-20(22)21-15-9-17-23(21)24;1-2/h1-12,14,16-17,19H,13,15H2;1-2H3. The molecule has 2 aromatic rings. The number of hydrogen-bond donors (Lipinski definition) is 0. The number of benzene rings is 2. The van der Waals surface area contributed by atoms with Gasteiger partial charge in [-0.05, 0) is 46.6 Å². The van der Waals surface area contributed by atoms with Gasteiger partial charge < -0.3 is 0 Å². The predicted molar refractivity (Wildman–Crippen MR) is 112 cm³/mol. The Kier molecular flexibility index (Phi) is 4.51. The van der Waals surface area contributed by atoms with E-state index in [9.17, 15) is 0 Å². The molecule has 0 bridgehead atoms. The molecule has 5 rings (SSSR count). The van der Waals surface area contributed by atoms with E-state index in [4.69, 9.17) is 0 Å². The van der Waals surface area contributed by atoms with Crippen molar-refractivity contribution >= 4 is 5.57 Å². The Morgan fingerprint density at radius 2 is 1.62 bits per heavy atom. The van der Waals surface area contributed by atoms with Crippen LogP contribution in [-0.4, -0.2) is 0 Å². The molecule has 0 heteroatoms. The van der Waals surface area contributed by atoms with Crippen LogP contribution in [0.2, 0.25) is 0 Å². The van der Waals surface area contributed by atoms with E-state index in [1.54, 1.807) is 0 Å². The summed E-state index contributed by atoms with van der Waals surface area (Å²) >= 11 is 0. The molecule has 0 saturated carbocycles. The van der Waals surface area contributed by atoms with Gasteiger partial charge >= 0.3 is 0 Å². The van der Waals surface area contributed by atoms with Gasteiger partial charge in [0.15, 0.2) is 0 Å². The van der Waals surface area contributed by atoms with Crippen molar-refractivity contribution in [3.8, 4) is 0 Å². The van der Waals surface area contributed by atoms with Crippen molar-refractivity contribution in [2.75, 3.05) is 0 Å². The van der Waals surface area contributed by atoms with Crippen molar-refractivity contribution in [2.24, 2.45) is 5.92 Å². The zero-order valence-electron chi connectivity index (χ0n) is 15.7. The van der Waals surface area contributed by atoms with Gasteiger partial charge in [-0.3, -0.25) is 0 Å². The lowest BCUT2D eigenvalue weighted by atomic mass is 9.62. The smallest absolute Gasteiger partial charge is 0.0525 e. The van der Waals surface area contributed by atoms with Gasteiger partial charge in [-0.2, -0.15) is 0 Å². The molecule has 26 heavy (non-hydrogen) atoms. The molecule has 3 aliphatic carbocycles. The van der Waals surface area contributed by atoms with Crippen molar-refractivity contribution in [1.29, 1.82) is 0 Å². The monoisotopic (exact) mass is 338 g/mol. The Morgan fingerprint density at radius 1 is 0.846 bits per heavy atom. The van der Waals surface area contributed by atoms with Gasteiger partial charge in [0.25, 0.3) is 0 Å². The van der Waals surface area contributed by atoms with Crippen molar-refractivity contribution in [3.05, 3.63) is 113 Å². The van der Waals surface area contributed by atoms with Crippen molar-refractivity contribution in [2.45, 2.75) is 32.1 Å². The highest BCUT2D eigenvalue weighted by molar-refractivity contribution is 5.88. The minimum atomic E-state index is -0.0541. The SMILES string of the molecule is C1=CCC(C2(c3ccccc3)C3=C(CC=C3)c3ccccc32)C=C1.CC. The first-order valence-electron chi connectivity index (χ1n) is 9.81. The van der Waals surface area contributed by atoms with Crippen LogP contribution in [0.3, 0.4) is 0 Å². The highest BCUT2D eigenvalue weighted by Gasteiger charge is 2.50. The summed E-state index contributed by atoms with van der Waals surface area (Å²) < 4.78 is 0. The average molecular weight is 338 g/mol. The minimum Gasteiger partial charge on any atom is -0.0839 e. The van der Waals surface area contributed by atoms with Crippen molar-refractivity contribution in [1.82, 2.24) is 0 Å². The lowest BCUT2D eigenvalue weighted by molar-refractivity contribution is 0.454. The summed E-state index contributed by atoms with van der Waals surface area (Å²) in [7, 11) is 0. The molecule has 130 valence electrons. The van der Waals surface area contributed by atoms with E-state index in [2.05, 4.69) is 91.1 Å². The summed E-state index contributed by atoms with van der Waals surface area (Å²) in [4.78, 5) is 0. The maximum atomic E-state index is 2.41. The van der Waals surface area contributed by atoms with Crippen LogP contribution < -0.4 is 0 Å². The van der Waals surface area contributed by atoms with E-state index in [-0.39, 0.29) is 5.41 Å². The second-order valence-corrected chi connectivity index (χ2v) is 6.87. The summed E-state index contributed by atoms with van der Waals surface area (Å²) in [5, 5.41) is 0. The first-order valence-corrected chi connectivity index (χ1v) is 9.81. The van der Waals surface area contributed by atoms with Gasteiger partial charge in [-0.25, -0.2) is 0 Å². The fourth-order valence-electron chi connectivity index (χ4n) is 4.89. The molecule has 0 fully saturated rings. The van der Waals surface area contributed by atoms with Gasteiger partial charge in [0, 0.05) is 0 Å². The summed E-state index contributed by atoms with van der Waals surface area (Å²) in [6.45, 7) is 4.00. The molecule has 0 radical (unpaired) electrons. The van der Waals surface area contributed by atoms with Crippen LogP contribution in [0.5, 0.6) is 0 Å². The zero-order valence-corrected chi connectivity index (χ0v) is 15.7. The molecule has 0 aromatic heterocycles. The lowest BCUT2D eigenvalue weighted by Gasteiger charge is -2.40. The second-order valence-electron chi connectivity index (χ2n) is 6.87. The van der Waals surface area contributed by atoms with Crippen LogP contribution in [0, 0.1) is 5.92 Å². The van der Waals surface area contributed by atoms with Crippen molar-refractivity contribution in [3.63, 3.8) is 0 Å². The maximum Gasteiger partial charge on any atom is 0.0525 e. The van der Waals surface area contributed by atoms with E-state index in [1.165, 1.54) is 27.8 Å². The topological polar surface area (TPSA) is 0 Å². The maximum absolute atomic E-state index is 2.41. The largest absolute Gasteiger partial charge is 0.0839 e. The Hall–Kier alpha value is -2.60. The quantitative estimate of drug-likeness (QED) is 0.561. The molecule has 3 aliphatic rings. The van der Waals surface area contributed by atoms with E-state index in [0.717, 1.165) is 12.8 Å². The third-order valence-electron chi connectivity index (χ3n) is 5.80. The fraction of sp³-hybridized carbons (Fsp3) is 0.231. The highest BCUT2D eigenvalue weighted by Crippen LogP contribution is 2.58. The van der Waals surface area contributed by atoms with Gasteiger partial charge in [0.05, 0.1) is 5.41 Å². The van der Waals surface area contributed by atoms with E-state index in [1.807, 2.05) is 13.8 Å². The Bertz CT molecular complexity index is 908. The van der Waals surface area contributed by atoms with E-state index >= 15 is 0 Å². The third-order valence-corrected chi connectivity index (χ3v) is 5.80. The highest BCUT2D eigenvalue weighted by atomic mass is 14.5. The van der Waals surface area contributed by atoms with Crippen molar-refractivity contribution < 1.29 is 0 Å². The second kappa shape index (κ2) is 6.96. The van der Waals surface area contributed by atoms with Crippen LogP contribution in [0.4, 0.5) is 0 Å². The first kappa shape index (κ1) is 16.8. The molecular weight excluding hydrogens is 312 g/mol. The number of hydrogen-bond acceptors (Lipinski definition) is 0. The first-order chi connectivity index (χ1) is 12.9. The number of fused-ring (bicyclic) bond motifs is 2. The molecule has 0 N–H and O–H groups in total. The van der Waals surface area contributed by atoms with Gasteiger partial charge in [-0.15, -0.1) is 0 Å². The molecule has 0 heterocycles. The number of rotatable bonds is 2. The number of allylic oxidation sites excluding steroid dienone is 8. The molecule has 0 saturated heterocycles. The summed E-state index contributed by atoms with van der Waals surface area (Å²) in [6.07, 6.45) is 16.0. The molecule has 0 amide bonds. The predicted octanol–water partition coefficient (Wildman–Crippen LogP) is 6.86. The van der Waals surface area contributed by atoms with Crippen LogP contribution >= 0.6 is 0 Å². The normalized spacial score (nSPS) is 24.9. The molecule has 0 spiro atoms. The van der Waals surface area contributed by atoms with Gasteiger partial charge in [0.2, 0.25) is 0 Å². The third kappa shape index (κ3) is 2.29. The van der Waals surface area contributed by atoms with Gasteiger partial charge in [0.1, 0.15) is 0 Å². The summed E-state index contributed by atoms with van der Waals surface area (Å²) in [5.41, 5.74) is 7.33. The van der Waals surface area contributed by atoms with E-state index in [0.29, 0.717) is 5.92 Å². The van der Waals surface area contributed by atoms with E-state index < -0.39 is 0 Å². The lowest BCUT2D eigenvalue weighted by Crippen LogP contribution is -2.36. The zero-order chi connectivity index (χ0) is 18.0.